The largest absolute Gasteiger partial charge is 0.357 e. The van der Waals surface area contributed by atoms with E-state index in [2.05, 4.69) is 78.6 Å². The summed E-state index contributed by atoms with van der Waals surface area (Å²) in [6.07, 6.45) is 4.73. The summed E-state index contributed by atoms with van der Waals surface area (Å²) in [5.41, 5.74) is 1.37. The van der Waals surface area contributed by atoms with E-state index in [-0.39, 0.29) is 0 Å². The van der Waals surface area contributed by atoms with E-state index in [9.17, 15) is 0 Å². The standard InChI is InChI=1S/C23H41N5/c1-5-16-28-17-13-22(14-18-28)26-23(24-6-2)25-15-12-20(3)27(4)19-21-10-8-7-9-11-21/h7-11,20,22H,5-6,12-19H2,1-4H3,(H2,24,25,26). The third-order valence-corrected chi connectivity index (χ3v) is 5.66. The summed E-state index contributed by atoms with van der Waals surface area (Å²) < 4.78 is 0. The highest BCUT2D eigenvalue weighted by atomic mass is 15.2. The summed E-state index contributed by atoms with van der Waals surface area (Å²) in [6, 6.07) is 11.7. The van der Waals surface area contributed by atoms with E-state index >= 15 is 0 Å². The summed E-state index contributed by atoms with van der Waals surface area (Å²) in [6.45, 7) is 13.1. The van der Waals surface area contributed by atoms with Crippen molar-refractivity contribution in [3.63, 3.8) is 0 Å². The molecule has 0 saturated carbocycles. The summed E-state index contributed by atoms with van der Waals surface area (Å²) in [5, 5.41) is 7.08. The monoisotopic (exact) mass is 387 g/mol. The topological polar surface area (TPSA) is 42.9 Å². The van der Waals surface area contributed by atoms with E-state index in [1.54, 1.807) is 0 Å². The molecule has 1 aliphatic heterocycles. The Morgan fingerprint density at radius 3 is 2.57 bits per heavy atom. The Morgan fingerprint density at radius 2 is 1.93 bits per heavy atom. The fourth-order valence-electron chi connectivity index (χ4n) is 3.74. The van der Waals surface area contributed by atoms with Crippen LogP contribution in [0.25, 0.3) is 0 Å². The molecule has 2 rings (SSSR count). The van der Waals surface area contributed by atoms with Crippen LogP contribution in [0.15, 0.2) is 35.3 Å². The van der Waals surface area contributed by atoms with Crippen molar-refractivity contribution in [3.8, 4) is 0 Å². The fourth-order valence-corrected chi connectivity index (χ4v) is 3.74. The van der Waals surface area contributed by atoms with Crippen molar-refractivity contribution in [2.24, 2.45) is 4.99 Å². The lowest BCUT2D eigenvalue weighted by molar-refractivity contribution is 0.206. The zero-order valence-corrected chi connectivity index (χ0v) is 18.5. The minimum atomic E-state index is 0.504. The average molecular weight is 388 g/mol. The van der Waals surface area contributed by atoms with Crippen molar-refractivity contribution in [1.29, 1.82) is 0 Å². The van der Waals surface area contributed by atoms with Gasteiger partial charge in [-0.25, -0.2) is 0 Å². The number of piperidine rings is 1. The maximum Gasteiger partial charge on any atom is 0.191 e. The van der Waals surface area contributed by atoms with Crippen LogP contribution in [0.2, 0.25) is 0 Å². The molecule has 5 nitrogen and oxygen atoms in total. The second kappa shape index (κ2) is 12.8. The van der Waals surface area contributed by atoms with Crippen LogP contribution in [0, 0.1) is 0 Å². The second-order valence-electron chi connectivity index (χ2n) is 8.06. The van der Waals surface area contributed by atoms with Gasteiger partial charge in [0.1, 0.15) is 0 Å². The van der Waals surface area contributed by atoms with Crippen molar-refractivity contribution in [2.75, 3.05) is 39.8 Å². The van der Waals surface area contributed by atoms with Crippen molar-refractivity contribution >= 4 is 5.96 Å². The molecule has 1 saturated heterocycles. The fraction of sp³-hybridized carbons (Fsp3) is 0.696. The van der Waals surface area contributed by atoms with Gasteiger partial charge in [0.2, 0.25) is 0 Å². The second-order valence-corrected chi connectivity index (χ2v) is 8.06. The number of hydrogen-bond acceptors (Lipinski definition) is 3. The number of nitrogens with one attached hydrogen (secondary N) is 2. The van der Waals surface area contributed by atoms with Crippen LogP contribution in [0.1, 0.15) is 52.0 Å². The molecule has 0 bridgehead atoms. The lowest BCUT2D eigenvalue weighted by Crippen LogP contribution is -2.48. The minimum Gasteiger partial charge on any atom is -0.357 e. The zero-order chi connectivity index (χ0) is 20.2. The number of rotatable bonds is 10. The molecule has 1 aliphatic rings. The Kier molecular flexibility index (Phi) is 10.4. The van der Waals surface area contributed by atoms with Gasteiger partial charge in [-0.2, -0.15) is 0 Å². The molecule has 158 valence electrons. The van der Waals surface area contributed by atoms with Gasteiger partial charge in [-0.15, -0.1) is 0 Å². The predicted molar refractivity (Wildman–Crippen MR) is 121 cm³/mol. The molecule has 1 aromatic rings. The molecule has 0 amide bonds. The van der Waals surface area contributed by atoms with E-state index < -0.39 is 0 Å². The normalized spacial score (nSPS) is 17.7. The molecular weight excluding hydrogens is 346 g/mol. The number of guanidine groups is 1. The van der Waals surface area contributed by atoms with Crippen molar-refractivity contribution in [2.45, 2.75) is 65.1 Å². The summed E-state index contributed by atoms with van der Waals surface area (Å²) in [4.78, 5) is 9.83. The van der Waals surface area contributed by atoms with E-state index in [0.717, 1.165) is 32.0 Å². The first-order valence-electron chi connectivity index (χ1n) is 11.1. The molecule has 1 aromatic carbocycles. The van der Waals surface area contributed by atoms with Gasteiger partial charge >= 0.3 is 0 Å². The van der Waals surface area contributed by atoms with Crippen molar-refractivity contribution < 1.29 is 0 Å². The Bertz CT molecular complexity index is 551. The molecule has 0 aliphatic carbocycles. The van der Waals surface area contributed by atoms with Crippen LogP contribution in [0.3, 0.4) is 0 Å². The highest BCUT2D eigenvalue weighted by Crippen LogP contribution is 2.11. The average Bonchev–Trinajstić information content (AvgIpc) is 2.70. The quantitative estimate of drug-likeness (QED) is 0.477. The van der Waals surface area contributed by atoms with Crippen molar-refractivity contribution in [3.05, 3.63) is 35.9 Å². The van der Waals surface area contributed by atoms with Crippen LogP contribution in [-0.4, -0.2) is 67.6 Å². The number of nitrogens with zero attached hydrogens (tertiary/aromatic N) is 3. The molecule has 1 unspecified atom stereocenters. The van der Waals surface area contributed by atoms with E-state index in [0.29, 0.717) is 12.1 Å². The van der Waals surface area contributed by atoms with Gasteiger partial charge in [0.15, 0.2) is 5.96 Å². The molecule has 5 heteroatoms. The molecule has 0 spiro atoms. The number of benzene rings is 1. The SMILES string of the molecule is CCCN1CCC(NC(=NCCC(C)N(C)Cc2ccccc2)NCC)CC1. The molecule has 0 aromatic heterocycles. The smallest absolute Gasteiger partial charge is 0.191 e. The van der Waals surface area contributed by atoms with Gasteiger partial charge in [-0.1, -0.05) is 37.3 Å². The molecule has 0 radical (unpaired) electrons. The summed E-state index contributed by atoms with van der Waals surface area (Å²) in [7, 11) is 2.20. The lowest BCUT2D eigenvalue weighted by Gasteiger charge is -2.32. The molecule has 1 fully saturated rings. The predicted octanol–water partition coefficient (Wildman–Crippen LogP) is 3.33. The molecule has 1 atom stereocenters. The highest BCUT2D eigenvalue weighted by Gasteiger charge is 2.19. The van der Waals surface area contributed by atoms with Crippen LogP contribution >= 0.6 is 0 Å². The molecule has 1 heterocycles. The molecule has 2 N–H and O–H groups in total. The first-order valence-corrected chi connectivity index (χ1v) is 11.1. The van der Waals surface area contributed by atoms with Gasteiger partial charge in [0, 0.05) is 44.8 Å². The Hall–Kier alpha value is -1.59. The molecule has 28 heavy (non-hydrogen) atoms. The van der Waals surface area contributed by atoms with Crippen LogP contribution in [0.4, 0.5) is 0 Å². The van der Waals surface area contributed by atoms with Gasteiger partial charge in [0.05, 0.1) is 0 Å². The van der Waals surface area contributed by atoms with Gasteiger partial charge in [0.25, 0.3) is 0 Å². The minimum absolute atomic E-state index is 0.504. The maximum atomic E-state index is 4.85. The maximum absolute atomic E-state index is 4.85. The van der Waals surface area contributed by atoms with Gasteiger partial charge in [-0.3, -0.25) is 9.89 Å². The first kappa shape index (κ1) is 22.7. The summed E-state index contributed by atoms with van der Waals surface area (Å²) >= 11 is 0. The number of hydrogen-bond donors (Lipinski definition) is 2. The van der Waals surface area contributed by atoms with E-state index in [1.165, 1.54) is 44.5 Å². The van der Waals surface area contributed by atoms with E-state index in [4.69, 9.17) is 4.99 Å². The third kappa shape index (κ3) is 8.19. The third-order valence-electron chi connectivity index (χ3n) is 5.66. The first-order chi connectivity index (χ1) is 13.6. The molecular formula is C23H41N5. The highest BCUT2D eigenvalue weighted by molar-refractivity contribution is 5.80. The van der Waals surface area contributed by atoms with Crippen LogP contribution in [0.5, 0.6) is 0 Å². The van der Waals surface area contributed by atoms with Crippen LogP contribution < -0.4 is 10.6 Å². The van der Waals surface area contributed by atoms with Gasteiger partial charge < -0.3 is 15.5 Å². The Labute approximate surface area is 172 Å². The number of likely N-dealkylation sites (tertiary alicyclic amines) is 1. The zero-order valence-electron chi connectivity index (χ0n) is 18.5. The Balaban J connectivity index is 1.75. The Morgan fingerprint density at radius 1 is 1.21 bits per heavy atom. The number of aliphatic imine (C=N–C) groups is 1. The summed E-state index contributed by atoms with van der Waals surface area (Å²) in [5.74, 6) is 0.981. The van der Waals surface area contributed by atoms with E-state index in [1.807, 2.05) is 0 Å². The van der Waals surface area contributed by atoms with Crippen molar-refractivity contribution in [1.82, 2.24) is 20.4 Å². The van der Waals surface area contributed by atoms with Gasteiger partial charge in [-0.05, 0) is 58.7 Å². The van der Waals surface area contributed by atoms with Crippen LogP contribution in [-0.2, 0) is 6.54 Å². The lowest BCUT2D eigenvalue weighted by atomic mass is 10.1.